The summed E-state index contributed by atoms with van der Waals surface area (Å²) in [5.41, 5.74) is 3.51. The summed E-state index contributed by atoms with van der Waals surface area (Å²) < 4.78 is 0. The molecule has 4 atom stereocenters. The summed E-state index contributed by atoms with van der Waals surface area (Å²) in [6.45, 7) is 0. The van der Waals surface area contributed by atoms with E-state index in [1.54, 1.807) is 38.5 Å². The number of rotatable bonds is 3. The lowest BCUT2D eigenvalue weighted by Gasteiger charge is -2.50. The molecule has 1 aromatic carbocycles. The molecule has 1 amide bonds. The number of aliphatic hydroxyl groups is 3. The highest BCUT2D eigenvalue weighted by molar-refractivity contribution is 6.29. The lowest BCUT2D eigenvalue weighted by atomic mass is 9.57. The highest BCUT2D eigenvalue weighted by Gasteiger charge is 2.64. The third kappa shape index (κ3) is 3.40. The fourth-order valence-corrected chi connectivity index (χ4v) is 6.16. The minimum Gasteiger partial charge on any atom is -0.508 e. The van der Waals surface area contributed by atoms with E-state index < -0.39 is 58.0 Å². The van der Waals surface area contributed by atoms with Gasteiger partial charge in [-0.3, -0.25) is 19.3 Å². The maximum Gasteiger partial charge on any atom is 0.255 e. The zero-order valence-corrected chi connectivity index (χ0v) is 20.7. The Hall–Kier alpha value is -3.73. The van der Waals surface area contributed by atoms with E-state index in [1.807, 2.05) is 0 Å². The van der Waals surface area contributed by atoms with Crippen molar-refractivity contribution >= 4 is 34.8 Å². The van der Waals surface area contributed by atoms with Gasteiger partial charge in [-0.15, -0.1) is 0 Å². The first-order valence-corrected chi connectivity index (χ1v) is 11.9. The van der Waals surface area contributed by atoms with Crippen LogP contribution in [0.2, 0.25) is 5.15 Å². The number of benzene rings is 1. The largest absolute Gasteiger partial charge is 0.508 e. The summed E-state index contributed by atoms with van der Waals surface area (Å²) in [6.07, 6.45) is 1.74. The zero-order valence-electron chi connectivity index (χ0n) is 19.9. The van der Waals surface area contributed by atoms with Crippen LogP contribution in [0, 0.1) is 11.8 Å². The van der Waals surface area contributed by atoms with Crippen LogP contribution in [0.25, 0.3) is 16.9 Å². The van der Waals surface area contributed by atoms with E-state index in [0.717, 1.165) is 0 Å². The molecule has 3 aliphatic carbocycles. The number of carbonyl (C=O) groups is 3. The number of aliphatic hydroxyl groups excluding tert-OH is 2. The zero-order chi connectivity index (χ0) is 27.0. The molecule has 0 bridgehead atoms. The van der Waals surface area contributed by atoms with Crippen molar-refractivity contribution in [1.29, 1.82) is 0 Å². The third-order valence-electron chi connectivity index (χ3n) is 7.64. The van der Waals surface area contributed by atoms with Gasteiger partial charge in [-0.2, -0.15) is 0 Å². The second-order valence-corrected chi connectivity index (χ2v) is 10.2. The molecule has 0 saturated heterocycles. The molecule has 5 rings (SSSR count). The number of ketones is 2. The molecule has 1 saturated carbocycles. The van der Waals surface area contributed by atoms with Crippen molar-refractivity contribution < 1.29 is 34.8 Å². The number of fused-ring (bicyclic) bond motifs is 3. The number of phenols is 1. The van der Waals surface area contributed by atoms with E-state index in [2.05, 4.69) is 4.98 Å². The molecule has 37 heavy (non-hydrogen) atoms. The van der Waals surface area contributed by atoms with E-state index in [0.29, 0.717) is 21.8 Å². The number of halogens is 1. The van der Waals surface area contributed by atoms with E-state index in [4.69, 9.17) is 17.3 Å². The molecule has 0 spiro atoms. The monoisotopic (exact) mass is 525 g/mol. The van der Waals surface area contributed by atoms with Crippen molar-refractivity contribution in [3.8, 4) is 16.9 Å². The number of aromatic hydroxyl groups is 1. The predicted molar refractivity (Wildman–Crippen MR) is 132 cm³/mol. The third-order valence-corrected chi connectivity index (χ3v) is 7.87. The minimum absolute atomic E-state index is 0.0136. The molecule has 3 aliphatic rings. The first-order chi connectivity index (χ1) is 17.4. The van der Waals surface area contributed by atoms with Crippen molar-refractivity contribution in [3.63, 3.8) is 0 Å². The molecule has 0 aliphatic heterocycles. The average Bonchev–Trinajstić information content (AvgIpc) is 2.82. The van der Waals surface area contributed by atoms with E-state index in [9.17, 15) is 34.8 Å². The lowest BCUT2D eigenvalue weighted by Crippen LogP contribution is -2.65. The van der Waals surface area contributed by atoms with E-state index in [1.165, 1.54) is 11.0 Å². The average molecular weight is 526 g/mol. The normalized spacial score (nSPS) is 27.2. The number of nitrogens with two attached hydrogens (primary N) is 1. The Morgan fingerprint density at radius 1 is 1.16 bits per heavy atom. The standard InChI is InChI=1S/C26H24ClN3O7/c1-30(2)20-14-8-11-7-13-12(10-3-6-16(27)29-9-10)4-5-15(31)18(13)21(32)17(11)23(34)26(14,37)24(35)19(22(20)33)25(28)36/h3-6,9,11,14,20,31-32,35,37H,7-8H2,1-2H3,(H2,28,36)/t11-,14-,20-,26-/m0/s1. The first kappa shape index (κ1) is 24.9. The molecule has 1 heterocycles. The number of Topliss-reactive ketones (excluding diaryl/α,β-unsaturated/α-hetero) is 2. The smallest absolute Gasteiger partial charge is 0.255 e. The minimum atomic E-state index is -2.67. The van der Waals surface area contributed by atoms with Crippen molar-refractivity contribution in [3.05, 3.63) is 63.6 Å². The molecule has 1 fully saturated rings. The number of phenolic OH excluding ortho intramolecular Hbond substituents is 1. The summed E-state index contributed by atoms with van der Waals surface area (Å²) in [5, 5.41) is 44.8. The number of hydrogen-bond acceptors (Lipinski definition) is 9. The topological polar surface area (TPSA) is 174 Å². The fourth-order valence-electron chi connectivity index (χ4n) is 6.05. The molecule has 10 nitrogen and oxygen atoms in total. The van der Waals surface area contributed by atoms with Crippen LogP contribution in [0.4, 0.5) is 0 Å². The number of nitrogens with zero attached hydrogens (tertiary/aromatic N) is 2. The number of amides is 1. The van der Waals surface area contributed by atoms with Crippen molar-refractivity contribution in [2.45, 2.75) is 24.5 Å². The van der Waals surface area contributed by atoms with Crippen LogP contribution in [0.3, 0.4) is 0 Å². The predicted octanol–water partition coefficient (Wildman–Crippen LogP) is 1.68. The van der Waals surface area contributed by atoms with E-state index in [-0.39, 0.29) is 29.7 Å². The van der Waals surface area contributed by atoms with Gasteiger partial charge in [0.2, 0.25) is 5.78 Å². The highest BCUT2D eigenvalue weighted by atomic mass is 35.5. The van der Waals surface area contributed by atoms with Gasteiger partial charge < -0.3 is 26.2 Å². The molecular weight excluding hydrogens is 502 g/mol. The van der Waals surface area contributed by atoms with Gasteiger partial charge in [0.25, 0.3) is 5.91 Å². The Labute approximate surface area is 216 Å². The van der Waals surface area contributed by atoms with Crippen LogP contribution in [-0.4, -0.2) is 73.5 Å². The van der Waals surface area contributed by atoms with Crippen molar-refractivity contribution in [2.75, 3.05) is 14.1 Å². The van der Waals surface area contributed by atoms with Crippen LogP contribution in [0.5, 0.6) is 5.75 Å². The van der Waals surface area contributed by atoms with Crippen molar-refractivity contribution in [1.82, 2.24) is 9.88 Å². The van der Waals surface area contributed by atoms with Crippen LogP contribution < -0.4 is 5.73 Å². The first-order valence-electron chi connectivity index (χ1n) is 11.5. The molecule has 11 heteroatoms. The summed E-state index contributed by atoms with van der Waals surface area (Å²) in [5.74, 6) is -6.86. The number of primary amides is 1. The quantitative estimate of drug-likeness (QED) is 0.295. The van der Waals surface area contributed by atoms with Gasteiger partial charge in [-0.05, 0) is 62.2 Å². The lowest BCUT2D eigenvalue weighted by molar-refractivity contribution is -0.153. The SMILES string of the molecule is CN(C)[C@@H]1C(=O)C(C(N)=O)=C(O)[C@@]2(O)C(=O)C3=C(O)c4c(O)ccc(-c5ccc(Cl)nc5)c4C[C@H]3C[C@@H]12. The number of pyridine rings is 1. The van der Waals surface area contributed by atoms with Crippen LogP contribution >= 0.6 is 11.6 Å². The van der Waals surface area contributed by atoms with Gasteiger partial charge in [0.1, 0.15) is 28.0 Å². The Morgan fingerprint density at radius 2 is 1.86 bits per heavy atom. The molecule has 1 aromatic heterocycles. The van der Waals surface area contributed by atoms with Gasteiger partial charge >= 0.3 is 0 Å². The van der Waals surface area contributed by atoms with Crippen LogP contribution in [0.1, 0.15) is 17.5 Å². The Morgan fingerprint density at radius 3 is 2.46 bits per heavy atom. The second-order valence-electron chi connectivity index (χ2n) is 9.82. The summed E-state index contributed by atoms with van der Waals surface area (Å²) >= 11 is 5.92. The molecule has 0 unspecified atom stereocenters. The van der Waals surface area contributed by atoms with Gasteiger partial charge in [-0.25, -0.2) is 4.98 Å². The number of likely N-dealkylation sites (N-methyl/N-ethyl adjacent to an activating group) is 1. The van der Waals surface area contributed by atoms with Gasteiger partial charge in [0, 0.05) is 23.3 Å². The van der Waals surface area contributed by atoms with Gasteiger partial charge in [0.05, 0.1) is 11.6 Å². The molecule has 192 valence electrons. The maximum atomic E-state index is 13.8. The fraction of sp³-hybridized carbons (Fsp3) is 0.308. The Kier molecular flexibility index (Phi) is 5.67. The number of aromatic nitrogens is 1. The molecule has 6 N–H and O–H groups in total. The van der Waals surface area contributed by atoms with Crippen LogP contribution in [0.15, 0.2) is 47.4 Å². The number of hydrogen-bond donors (Lipinski definition) is 5. The van der Waals surface area contributed by atoms with Gasteiger partial charge in [0.15, 0.2) is 11.4 Å². The van der Waals surface area contributed by atoms with E-state index >= 15 is 0 Å². The van der Waals surface area contributed by atoms with Gasteiger partial charge in [-0.1, -0.05) is 17.7 Å². The van der Waals surface area contributed by atoms with Crippen molar-refractivity contribution in [2.24, 2.45) is 17.6 Å². The number of carbonyl (C=O) groups excluding carboxylic acids is 3. The molecule has 0 radical (unpaired) electrons. The summed E-state index contributed by atoms with van der Waals surface area (Å²) in [6, 6.07) is 5.24. The molecule has 2 aromatic rings. The maximum absolute atomic E-state index is 13.8. The second kappa shape index (κ2) is 8.41. The summed E-state index contributed by atoms with van der Waals surface area (Å²) in [4.78, 5) is 44.6. The molecular formula is C26H24ClN3O7. The Bertz CT molecular complexity index is 1450. The summed E-state index contributed by atoms with van der Waals surface area (Å²) in [7, 11) is 3.11. The van der Waals surface area contributed by atoms with Crippen LogP contribution in [-0.2, 0) is 20.8 Å². The highest BCUT2D eigenvalue weighted by Crippen LogP contribution is 2.53. The Balaban J connectivity index is 1.74.